The van der Waals surface area contributed by atoms with Crippen molar-refractivity contribution in [1.82, 2.24) is 10.3 Å². The number of oxazole rings is 1. The summed E-state index contributed by atoms with van der Waals surface area (Å²) < 4.78 is 11.6. The van der Waals surface area contributed by atoms with Crippen molar-refractivity contribution in [3.63, 3.8) is 0 Å². The van der Waals surface area contributed by atoms with Crippen LogP contribution in [-0.4, -0.2) is 29.8 Å². The third-order valence-electron chi connectivity index (χ3n) is 2.42. The van der Waals surface area contributed by atoms with Crippen LogP contribution in [0.5, 0.6) is 0 Å². The highest BCUT2D eigenvalue weighted by atomic mass is 79.9. The molecular formula is C14H18BrN3O3. The number of alkyl carbamates (subject to hydrolysis) is 1. The van der Waals surface area contributed by atoms with E-state index in [1.54, 1.807) is 0 Å². The van der Waals surface area contributed by atoms with Gasteiger partial charge < -0.3 is 19.8 Å². The SMILES string of the molecule is CC(C)(C)OC(=O)NCCNc1nc2ccc(Br)cc2o1. The maximum Gasteiger partial charge on any atom is 0.407 e. The number of carbonyl (C=O) groups excluding carboxylic acids is 1. The highest BCUT2D eigenvalue weighted by molar-refractivity contribution is 9.10. The van der Waals surface area contributed by atoms with Gasteiger partial charge in [-0.2, -0.15) is 4.98 Å². The Kier molecular flexibility index (Phi) is 4.72. The Labute approximate surface area is 131 Å². The van der Waals surface area contributed by atoms with Gasteiger partial charge in [-0.05, 0) is 39.0 Å². The average Bonchev–Trinajstić information content (AvgIpc) is 2.74. The summed E-state index contributed by atoms with van der Waals surface area (Å²) >= 11 is 3.38. The first kappa shape index (κ1) is 15.6. The Morgan fingerprint density at radius 1 is 1.38 bits per heavy atom. The van der Waals surface area contributed by atoms with E-state index in [1.165, 1.54) is 0 Å². The van der Waals surface area contributed by atoms with E-state index >= 15 is 0 Å². The number of aromatic nitrogens is 1. The van der Waals surface area contributed by atoms with Gasteiger partial charge in [0.1, 0.15) is 11.1 Å². The summed E-state index contributed by atoms with van der Waals surface area (Å²) in [5.41, 5.74) is 0.985. The zero-order valence-corrected chi connectivity index (χ0v) is 13.8. The van der Waals surface area contributed by atoms with Crippen LogP contribution in [0.25, 0.3) is 11.1 Å². The number of anilines is 1. The zero-order valence-electron chi connectivity index (χ0n) is 12.2. The number of carbonyl (C=O) groups is 1. The van der Waals surface area contributed by atoms with Crippen LogP contribution in [0.3, 0.4) is 0 Å². The fourth-order valence-electron chi connectivity index (χ4n) is 1.62. The van der Waals surface area contributed by atoms with E-state index in [2.05, 4.69) is 31.5 Å². The van der Waals surface area contributed by atoms with Gasteiger partial charge in [0.25, 0.3) is 6.01 Å². The zero-order chi connectivity index (χ0) is 15.5. The predicted octanol–water partition coefficient (Wildman–Crippen LogP) is 3.53. The van der Waals surface area contributed by atoms with Gasteiger partial charge in [-0.25, -0.2) is 4.79 Å². The molecule has 0 radical (unpaired) electrons. The topological polar surface area (TPSA) is 76.4 Å². The molecule has 0 atom stereocenters. The maximum atomic E-state index is 11.4. The quantitative estimate of drug-likeness (QED) is 0.820. The molecule has 0 bridgehead atoms. The van der Waals surface area contributed by atoms with E-state index in [4.69, 9.17) is 9.15 Å². The van der Waals surface area contributed by atoms with Crippen molar-refractivity contribution >= 4 is 39.1 Å². The molecule has 0 aliphatic rings. The molecule has 7 heteroatoms. The molecule has 2 N–H and O–H groups in total. The number of rotatable bonds is 4. The number of nitrogens with one attached hydrogen (secondary N) is 2. The van der Waals surface area contributed by atoms with Gasteiger partial charge in [-0.3, -0.25) is 0 Å². The number of fused-ring (bicyclic) bond motifs is 1. The molecule has 1 amide bonds. The van der Waals surface area contributed by atoms with Crippen molar-refractivity contribution in [3.8, 4) is 0 Å². The summed E-state index contributed by atoms with van der Waals surface area (Å²) in [5.74, 6) is 0. The highest BCUT2D eigenvalue weighted by Gasteiger charge is 2.15. The number of benzene rings is 1. The number of hydrogen-bond acceptors (Lipinski definition) is 5. The molecule has 0 fully saturated rings. The van der Waals surface area contributed by atoms with Gasteiger partial charge in [0.2, 0.25) is 0 Å². The molecule has 1 aromatic carbocycles. The molecule has 1 aromatic heterocycles. The predicted molar refractivity (Wildman–Crippen MR) is 84.4 cm³/mol. The summed E-state index contributed by atoms with van der Waals surface area (Å²) in [6.45, 7) is 6.37. The lowest BCUT2D eigenvalue weighted by Gasteiger charge is -2.19. The average molecular weight is 356 g/mol. The minimum Gasteiger partial charge on any atom is -0.444 e. The second-order valence-electron chi connectivity index (χ2n) is 5.49. The number of hydrogen-bond donors (Lipinski definition) is 2. The summed E-state index contributed by atoms with van der Waals surface area (Å²) in [5, 5.41) is 5.66. The Morgan fingerprint density at radius 3 is 2.86 bits per heavy atom. The molecule has 0 aliphatic heterocycles. The molecular weight excluding hydrogens is 338 g/mol. The second kappa shape index (κ2) is 6.34. The molecule has 0 saturated carbocycles. The van der Waals surface area contributed by atoms with Crippen molar-refractivity contribution in [2.75, 3.05) is 18.4 Å². The molecule has 21 heavy (non-hydrogen) atoms. The molecule has 0 aliphatic carbocycles. The van der Waals surface area contributed by atoms with E-state index in [9.17, 15) is 4.79 Å². The van der Waals surface area contributed by atoms with Crippen LogP contribution in [0.4, 0.5) is 10.8 Å². The van der Waals surface area contributed by atoms with Crippen molar-refractivity contribution < 1.29 is 13.9 Å². The molecule has 0 spiro atoms. The van der Waals surface area contributed by atoms with E-state index in [0.29, 0.717) is 24.7 Å². The van der Waals surface area contributed by atoms with E-state index in [-0.39, 0.29) is 0 Å². The molecule has 1 heterocycles. The van der Waals surface area contributed by atoms with Gasteiger partial charge >= 0.3 is 6.09 Å². The summed E-state index contributed by atoms with van der Waals surface area (Å²) in [7, 11) is 0. The number of nitrogens with zero attached hydrogens (tertiary/aromatic N) is 1. The minimum absolute atomic E-state index is 0.414. The van der Waals surface area contributed by atoms with E-state index in [0.717, 1.165) is 9.99 Å². The van der Waals surface area contributed by atoms with Crippen LogP contribution >= 0.6 is 15.9 Å². The van der Waals surface area contributed by atoms with Crippen LogP contribution < -0.4 is 10.6 Å². The van der Waals surface area contributed by atoms with E-state index < -0.39 is 11.7 Å². The van der Waals surface area contributed by atoms with Crippen molar-refractivity contribution in [2.24, 2.45) is 0 Å². The number of ether oxygens (including phenoxy) is 1. The summed E-state index contributed by atoms with van der Waals surface area (Å²) in [6.07, 6.45) is -0.439. The van der Waals surface area contributed by atoms with Crippen LogP contribution in [0, 0.1) is 0 Å². The standard InChI is InChI=1S/C14H18BrN3O3/c1-14(2,3)21-13(19)17-7-6-16-12-18-10-5-4-9(15)8-11(10)20-12/h4-5,8H,6-7H2,1-3H3,(H,16,18)(H,17,19). The first-order valence-electron chi connectivity index (χ1n) is 6.60. The Morgan fingerprint density at radius 2 is 2.14 bits per heavy atom. The lowest BCUT2D eigenvalue weighted by atomic mass is 10.2. The van der Waals surface area contributed by atoms with Crippen LogP contribution in [0.1, 0.15) is 20.8 Å². The van der Waals surface area contributed by atoms with Crippen molar-refractivity contribution in [3.05, 3.63) is 22.7 Å². The van der Waals surface area contributed by atoms with Crippen LogP contribution in [-0.2, 0) is 4.74 Å². The number of halogens is 1. The first-order chi connectivity index (χ1) is 9.83. The molecule has 114 valence electrons. The monoisotopic (exact) mass is 355 g/mol. The normalized spacial score (nSPS) is 11.4. The lowest BCUT2D eigenvalue weighted by molar-refractivity contribution is 0.0530. The highest BCUT2D eigenvalue weighted by Crippen LogP contribution is 2.22. The van der Waals surface area contributed by atoms with Crippen LogP contribution in [0.2, 0.25) is 0 Å². The first-order valence-corrected chi connectivity index (χ1v) is 7.39. The minimum atomic E-state index is -0.495. The molecule has 0 unspecified atom stereocenters. The fourth-order valence-corrected chi connectivity index (χ4v) is 1.96. The Hall–Kier alpha value is -1.76. The van der Waals surface area contributed by atoms with Gasteiger partial charge in [0.15, 0.2) is 5.58 Å². The van der Waals surface area contributed by atoms with Crippen molar-refractivity contribution in [1.29, 1.82) is 0 Å². The Bertz CT molecular complexity index is 634. The smallest absolute Gasteiger partial charge is 0.407 e. The fraction of sp³-hybridized carbons (Fsp3) is 0.429. The van der Waals surface area contributed by atoms with Gasteiger partial charge in [0, 0.05) is 17.6 Å². The van der Waals surface area contributed by atoms with Crippen LogP contribution in [0.15, 0.2) is 27.1 Å². The van der Waals surface area contributed by atoms with Gasteiger partial charge in [0.05, 0.1) is 0 Å². The van der Waals surface area contributed by atoms with Crippen molar-refractivity contribution in [2.45, 2.75) is 26.4 Å². The maximum absolute atomic E-state index is 11.4. The number of amides is 1. The largest absolute Gasteiger partial charge is 0.444 e. The van der Waals surface area contributed by atoms with Gasteiger partial charge in [-0.15, -0.1) is 0 Å². The molecule has 2 aromatic rings. The van der Waals surface area contributed by atoms with Gasteiger partial charge in [-0.1, -0.05) is 15.9 Å². The third-order valence-corrected chi connectivity index (χ3v) is 2.91. The second-order valence-corrected chi connectivity index (χ2v) is 6.40. The molecule has 2 rings (SSSR count). The Balaban J connectivity index is 1.79. The molecule has 0 saturated heterocycles. The van der Waals surface area contributed by atoms with E-state index in [1.807, 2.05) is 39.0 Å². The molecule has 6 nitrogen and oxygen atoms in total. The third kappa shape index (κ3) is 4.93. The summed E-state index contributed by atoms with van der Waals surface area (Å²) in [4.78, 5) is 15.7. The summed E-state index contributed by atoms with van der Waals surface area (Å²) in [6, 6.07) is 6.05. The lowest BCUT2D eigenvalue weighted by Crippen LogP contribution is -2.35.